The van der Waals surface area contributed by atoms with Crippen molar-refractivity contribution in [3.8, 4) is 5.75 Å². The van der Waals surface area contributed by atoms with Gasteiger partial charge < -0.3 is 10.1 Å². The van der Waals surface area contributed by atoms with Gasteiger partial charge in [0.1, 0.15) is 24.1 Å². The first-order valence-electron chi connectivity index (χ1n) is 9.57. The first-order chi connectivity index (χ1) is 14.1. The van der Waals surface area contributed by atoms with Gasteiger partial charge in [-0.1, -0.05) is 19.1 Å². The van der Waals surface area contributed by atoms with Crippen LogP contribution in [0.1, 0.15) is 24.3 Å². The summed E-state index contributed by atoms with van der Waals surface area (Å²) >= 11 is 1.68. The van der Waals surface area contributed by atoms with Gasteiger partial charge in [0.05, 0.1) is 16.8 Å². The van der Waals surface area contributed by atoms with Gasteiger partial charge in [-0.2, -0.15) is 5.10 Å². The average Bonchev–Trinajstić information content (AvgIpc) is 3.28. The maximum Gasteiger partial charge on any atom is 0.291 e. The average molecular weight is 410 g/mol. The van der Waals surface area contributed by atoms with Crippen molar-refractivity contribution in [2.75, 3.05) is 6.61 Å². The zero-order chi connectivity index (χ0) is 20.4. The van der Waals surface area contributed by atoms with E-state index < -0.39 is 0 Å². The molecule has 0 bridgehead atoms. The Kier molecular flexibility index (Phi) is 5.35. The number of hydrogen-bond acceptors (Lipinski definition) is 5. The number of carbonyl (C=O) groups excluding carboxylic acids is 1. The van der Waals surface area contributed by atoms with E-state index >= 15 is 0 Å². The molecule has 0 aliphatic rings. The zero-order valence-corrected chi connectivity index (χ0v) is 17.2. The fraction of sp³-hybridized carbons (Fsp3) is 0.286. The molecule has 0 saturated heterocycles. The Morgan fingerprint density at radius 2 is 1.97 bits per heavy atom. The molecule has 29 heavy (non-hydrogen) atoms. The normalized spacial score (nSPS) is 11.2. The summed E-state index contributed by atoms with van der Waals surface area (Å²) in [4.78, 5) is 26.3. The van der Waals surface area contributed by atoms with E-state index in [4.69, 9.17) is 4.74 Å². The van der Waals surface area contributed by atoms with Crippen molar-refractivity contribution < 1.29 is 9.53 Å². The fourth-order valence-electron chi connectivity index (χ4n) is 3.20. The van der Waals surface area contributed by atoms with Crippen LogP contribution >= 0.6 is 11.3 Å². The topological polar surface area (TPSA) is 77.6 Å². The molecule has 0 aliphatic carbocycles. The second-order valence-corrected chi connectivity index (χ2v) is 7.83. The number of nitrogens with zero attached hydrogens (tertiary/aromatic N) is 3. The van der Waals surface area contributed by atoms with Crippen molar-refractivity contribution in [1.82, 2.24) is 19.5 Å². The van der Waals surface area contributed by atoms with Gasteiger partial charge in [0, 0.05) is 11.4 Å². The molecule has 0 spiro atoms. The summed E-state index contributed by atoms with van der Waals surface area (Å²) in [6.45, 7) is 4.91. The van der Waals surface area contributed by atoms with E-state index in [9.17, 15) is 9.59 Å². The summed E-state index contributed by atoms with van der Waals surface area (Å²) in [5, 5.41) is 7.01. The number of carbonyl (C=O) groups is 1. The summed E-state index contributed by atoms with van der Waals surface area (Å²) < 4.78 is 9.46. The number of benzene rings is 1. The van der Waals surface area contributed by atoms with Gasteiger partial charge in [0.25, 0.3) is 5.56 Å². The zero-order valence-electron chi connectivity index (χ0n) is 16.3. The monoisotopic (exact) mass is 410 g/mol. The summed E-state index contributed by atoms with van der Waals surface area (Å²) in [7, 11) is 0. The lowest BCUT2D eigenvalue weighted by atomic mass is 10.2. The maximum absolute atomic E-state index is 12.7. The molecule has 3 aromatic heterocycles. The Bertz CT molecular complexity index is 1220. The SMILES string of the molecule is CCOc1ccc(CNC(=O)Cn2ncn3c(cc4sc(CC)cc43)c2=O)cc1. The van der Waals surface area contributed by atoms with Crippen molar-refractivity contribution in [1.29, 1.82) is 0 Å². The number of hydrogen-bond donors (Lipinski definition) is 1. The molecular formula is C21H22N4O3S. The lowest BCUT2D eigenvalue weighted by Crippen LogP contribution is -2.33. The third kappa shape index (κ3) is 3.88. The molecule has 0 unspecified atom stereocenters. The minimum Gasteiger partial charge on any atom is -0.494 e. The van der Waals surface area contributed by atoms with Crippen molar-refractivity contribution in [3.63, 3.8) is 0 Å². The van der Waals surface area contributed by atoms with E-state index in [1.165, 1.54) is 9.56 Å². The molecular weight excluding hydrogens is 388 g/mol. The van der Waals surface area contributed by atoms with E-state index in [0.29, 0.717) is 18.7 Å². The molecule has 7 nitrogen and oxygen atoms in total. The molecule has 1 aromatic carbocycles. The summed E-state index contributed by atoms with van der Waals surface area (Å²) in [6, 6.07) is 11.5. The number of thiophene rings is 1. The molecule has 150 valence electrons. The van der Waals surface area contributed by atoms with Crippen molar-refractivity contribution in [3.05, 3.63) is 63.5 Å². The minimum atomic E-state index is -0.273. The van der Waals surface area contributed by atoms with Gasteiger partial charge >= 0.3 is 0 Å². The van der Waals surface area contributed by atoms with Gasteiger partial charge in [-0.05, 0) is 43.2 Å². The number of amides is 1. The van der Waals surface area contributed by atoms with Gasteiger partial charge in [-0.25, -0.2) is 4.68 Å². The molecule has 3 heterocycles. The highest BCUT2D eigenvalue weighted by molar-refractivity contribution is 7.19. The van der Waals surface area contributed by atoms with Crippen molar-refractivity contribution in [2.24, 2.45) is 0 Å². The molecule has 0 atom stereocenters. The van der Waals surface area contributed by atoms with Crippen LogP contribution in [0, 0.1) is 0 Å². The molecule has 0 radical (unpaired) electrons. The number of fused-ring (bicyclic) bond motifs is 3. The molecule has 0 saturated carbocycles. The summed E-state index contributed by atoms with van der Waals surface area (Å²) in [5.41, 5.74) is 2.20. The largest absolute Gasteiger partial charge is 0.494 e. The lowest BCUT2D eigenvalue weighted by molar-refractivity contribution is -0.122. The standard InChI is InChI=1S/C21H22N4O3S/c1-3-16-9-17-19(29-16)10-18-21(27)25(23-13-24(17)18)12-20(26)22-11-14-5-7-15(8-6-14)28-4-2/h5-10,13H,3-4,11-12H2,1-2H3,(H,22,26). The number of ether oxygens (including phenoxy) is 1. The predicted octanol–water partition coefficient (Wildman–Crippen LogP) is 2.99. The quantitative estimate of drug-likeness (QED) is 0.508. The van der Waals surface area contributed by atoms with Gasteiger partial charge in [-0.3, -0.25) is 14.0 Å². The number of aryl methyl sites for hydroxylation is 1. The van der Waals surface area contributed by atoms with Crippen LogP contribution in [0.3, 0.4) is 0 Å². The van der Waals surface area contributed by atoms with Crippen LogP contribution in [0.5, 0.6) is 5.75 Å². The lowest BCUT2D eigenvalue weighted by Gasteiger charge is -2.08. The van der Waals surface area contributed by atoms with Crippen LogP contribution in [0.4, 0.5) is 0 Å². The van der Waals surface area contributed by atoms with Crippen LogP contribution < -0.4 is 15.6 Å². The van der Waals surface area contributed by atoms with Gasteiger partial charge in [0.15, 0.2) is 0 Å². The summed E-state index contributed by atoms with van der Waals surface area (Å²) in [5.74, 6) is 0.532. The molecule has 4 rings (SSSR count). The van der Waals surface area contributed by atoms with Gasteiger partial charge in [0.2, 0.25) is 5.91 Å². The highest BCUT2D eigenvalue weighted by atomic mass is 32.1. The van der Waals surface area contributed by atoms with Gasteiger partial charge in [-0.15, -0.1) is 11.3 Å². The molecule has 0 fully saturated rings. The Labute approximate surface area is 171 Å². The first-order valence-corrected chi connectivity index (χ1v) is 10.4. The highest BCUT2D eigenvalue weighted by Gasteiger charge is 2.13. The van der Waals surface area contributed by atoms with Crippen LogP contribution in [-0.2, 0) is 24.3 Å². The van der Waals surface area contributed by atoms with Crippen molar-refractivity contribution >= 4 is 33.0 Å². The van der Waals surface area contributed by atoms with Crippen LogP contribution in [-0.4, -0.2) is 26.7 Å². The van der Waals surface area contributed by atoms with Crippen LogP contribution in [0.2, 0.25) is 0 Å². The Hall–Kier alpha value is -3.13. The predicted molar refractivity (Wildman–Crippen MR) is 114 cm³/mol. The third-order valence-corrected chi connectivity index (χ3v) is 5.92. The molecule has 4 aromatic rings. The molecule has 0 aliphatic heterocycles. The molecule has 8 heteroatoms. The molecule has 1 amide bonds. The minimum absolute atomic E-state index is 0.120. The van der Waals surface area contributed by atoms with E-state index in [-0.39, 0.29) is 18.0 Å². The Morgan fingerprint density at radius 3 is 2.69 bits per heavy atom. The second kappa shape index (κ2) is 8.08. The number of aromatic nitrogens is 3. The Balaban J connectivity index is 1.46. The van der Waals surface area contributed by atoms with E-state index in [1.54, 1.807) is 22.1 Å². The fourth-order valence-corrected chi connectivity index (χ4v) is 4.23. The van der Waals surface area contributed by atoms with Crippen molar-refractivity contribution in [2.45, 2.75) is 33.4 Å². The van der Waals surface area contributed by atoms with E-state index in [0.717, 1.165) is 28.0 Å². The maximum atomic E-state index is 12.7. The van der Waals surface area contributed by atoms with E-state index in [2.05, 4.69) is 23.4 Å². The molecule has 1 N–H and O–H groups in total. The summed E-state index contributed by atoms with van der Waals surface area (Å²) in [6.07, 6.45) is 2.56. The Morgan fingerprint density at radius 1 is 1.17 bits per heavy atom. The smallest absolute Gasteiger partial charge is 0.291 e. The number of rotatable bonds is 7. The highest BCUT2D eigenvalue weighted by Crippen LogP contribution is 2.28. The van der Waals surface area contributed by atoms with Crippen LogP contribution in [0.15, 0.2) is 47.5 Å². The van der Waals surface area contributed by atoms with Crippen LogP contribution in [0.25, 0.3) is 15.7 Å². The second-order valence-electron chi connectivity index (χ2n) is 6.66. The first kappa shape index (κ1) is 19.2. The number of nitrogens with one attached hydrogen (secondary N) is 1. The van der Waals surface area contributed by atoms with E-state index in [1.807, 2.05) is 37.3 Å². The third-order valence-electron chi connectivity index (χ3n) is 4.70.